The van der Waals surface area contributed by atoms with Crippen molar-refractivity contribution >= 4 is 11.8 Å². The van der Waals surface area contributed by atoms with Crippen LogP contribution in [0.25, 0.3) is 0 Å². The minimum absolute atomic E-state index is 0.00568. The molecule has 4 fully saturated rings. The molecule has 0 radical (unpaired) electrons. The van der Waals surface area contributed by atoms with Crippen LogP contribution in [0.5, 0.6) is 0 Å². The standard InChI is InChI=1S/C24H32O6/c1-4-5-19-29-18-11-16-15-7-6-13-10-14(25)8-9-22(13,2)20(15)17(26)12-23(16,3)24(18,30-19)21(27)28/h8-10,15-20,26H,4-7,11-12H2,1-3H3,(H,27,28)/p-1/t15-,16+,17+,18-,19-,20-,22-,23-,24-/m0/s1. The monoisotopic (exact) mass is 415 g/mol. The van der Waals surface area contributed by atoms with Gasteiger partial charge in [0.15, 0.2) is 12.1 Å². The lowest BCUT2D eigenvalue weighted by Gasteiger charge is -2.60. The van der Waals surface area contributed by atoms with Gasteiger partial charge < -0.3 is 24.5 Å². The molecule has 1 heterocycles. The molecule has 4 aliphatic carbocycles. The molecule has 5 rings (SSSR count). The highest BCUT2D eigenvalue weighted by Crippen LogP contribution is 2.69. The Kier molecular flexibility index (Phi) is 4.42. The molecule has 9 atom stereocenters. The maximum atomic E-state index is 12.6. The van der Waals surface area contributed by atoms with E-state index >= 15 is 0 Å². The normalized spacial score (nSPS) is 51.6. The third-order valence-corrected chi connectivity index (χ3v) is 9.12. The van der Waals surface area contributed by atoms with E-state index < -0.39 is 35.5 Å². The summed E-state index contributed by atoms with van der Waals surface area (Å²) < 4.78 is 12.3. The van der Waals surface area contributed by atoms with E-state index in [9.17, 15) is 19.8 Å². The van der Waals surface area contributed by atoms with E-state index in [2.05, 4.69) is 6.92 Å². The number of hydrogen-bond acceptors (Lipinski definition) is 6. The molecule has 6 nitrogen and oxygen atoms in total. The Balaban J connectivity index is 1.55. The van der Waals surface area contributed by atoms with Gasteiger partial charge in [-0.25, -0.2) is 0 Å². The summed E-state index contributed by atoms with van der Waals surface area (Å²) in [6, 6.07) is 0. The van der Waals surface area contributed by atoms with Gasteiger partial charge in [-0.05, 0) is 56.1 Å². The summed E-state index contributed by atoms with van der Waals surface area (Å²) in [6.07, 6.45) is 7.57. The number of carboxylic acids is 1. The largest absolute Gasteiger partial charge is 0.547 e. The van der Waals surface area contributed by atoms with Gasteiger partial charge in [0.05, 0.1) is 18.2 Å². The van der Waals surface area contributed by atoms with Crippen LogP contribution in [0.2, 0.25) is 0 Å². The van der Waals surface area contributed by atoms with Crippen LogP contribution < -0.4 is 5.11 Å². The number of aliphatic carboxylic acids is 1. The van der Waals surface area contributed by atoms with Crippen LogP contribution >= 0.6 is 0 Å². The Morgan fingerprint density at radius 3 is 2.83 bits per heavy atom. The van der Waals surface area contributed by atoms with Crippen molar-refractivity contribution in [2.75, 3.05) is 0 Å². The van der Waals surface area contributed by atoms with Crippen LogP contribution in [0, 0.1) is 28.6 Å². The third kappa shape index (κ3) is 2.36. The number of carbonyl (C=O) groups excluding carboxylic acids is 2. The molecule has 0 aromatic carbocycles. The molecule has 164 valence electrons. The Bertz CT molecular complexity index is 847. The lowest BCUT2D eigenvalue weighted by atomic mass is 9.46. The molecule has 0 aromatic heterocycles. The molecule has 0 bridgehead atoms. The zero-order valence-electron chi connectivity index (χ0n) is 17.9. The van der Waals surface area contributed by atoms with Crippen molar-refractivity contribution in [3.8, 4) is 0 Å². The maximum Gasteiger partial charge on any atom is 0.178 e. The highest BCUT2D eigenvalue weighted by Gasteiger charge is 2.74. The molecule has 6 heteroatoms. The van der Waals surface area contributed by atoms with Crippen molar-refractivity contribution < 1.29 is 29.3 Å². The van der Waals surface area contributed by atoms with E-state index in [1.165, 1.54) is 0 Å². The van der Waals surface area contributed by atoms with Crippen LogP contribution in [0.4, 0.5) is 0 Å². The van der Waals surface area contributed by atoms with E-state index in [1.54, 1.807) is 12.2 Å². The SMILES string of the molecule is CCC[C@H]1O[C@H]2C[C@@H]3[C@@H]4CCC5=CC(=O)C=C[C@]5(C)[C@@H]4[C@H](O)C[C@]3(C)[C@]2(C(=O)[O-])O1. The van der Waals surface area contributed by atoms with E-state index in [0.717, 1.165) is 24.8 Å². The summed E-state index contributed by atoms with van der Waals surface area (Å²) in [6.45, 7) is 6.08. The predicted octanol–water partition coefficient (Wildman–Crippen LogP) is 1.91. The quantitative estimate of drug-likeness (QED) is 0.756. The highest BCUT2D eigenvalue weighted by atomic mass is 16.7. The average Bonchev–Trinajstić information content (AvgIpc) is 3.15. The van der Waals surface area contributed by atoms with Crippen molar-refractivity contribution in [3.05, 3.63) is 23.8 Å². The number of aliphatic hydroxyl groups is 1. The molecular formula is C24H31O6-. The van der Waals surface area contributed by atoms with Gasteiger partial charge in [-0.2, -0.15) is 0 Å². The van der Waals surface area contributed by atoms with E-state index in [1.807, 2.05) is 19.9 Å². The van der Waals surface area contributed by atoms with Gasteiger partial charge in [0.2, 0.25) is 0 Å². The lowest BCUT2D eigenvalue weighted by molar-refractivity contribution is -0.337. The van der Waals surface area contributed by atoms with Crippen molar-refractivity contribution in [1.29, 1.82) is 0 Å². The first-order valence-electron chi connectivity index (χ1n) is 11.3. The molecule has 0 unspecified atom stereocenters. The van der Waals surface area contributed by atoms with E-state index in [-0.39, 0.29) is 29.0 Å². The van der Waals surface area contributed by atoms with Crippen LogP contribution in [-0.4, -0.2) is 41.0 Å². The van der Waals surface area contributed by atoms with Crippen LogP contribution in [0.3, 0.4) is 0 Å². The van der Waals surface area contributed by atoms with Crippen LogP contribution in [0.15, 0.2) is 23.8 Å². The molecule has 1 N–H and O–H groups in total. The summed E-state index contributed by atoms with van der Waals surface area (Å²) >= 11 is 0. The summed E-state index contributed by atoms with van der Waals surface area (Å²) in [7, 11) is 0. The molecule has 30 heavy (non-hydrogen) atoms. The smallest absolute Gasteiger partial charge is 0.178 e. The number of ketones is 1. The van der Waals surface area contributed by atoms with Crippen molar-refractivity contribution in [2.45, 2.75) is 83.4 Å². The van der Waals surface area contributed by atoms with Crippen molar-refractivity contribution in [1.82, 2.24) is 0 Å². The van der Waals surface area contributed by atoms with Gasteiger partial charge in [-0.3, -0.25) is 4.79 Å². The van der Waals surface area contributed by atoms with Crippen molar-refractivity contribution in [3.63, 3.8) is 0 Å². The van der Waals surface area contributed by atoms with Gasteiger partial charge in [0.25, 0.3) is 0 Å². The Morgan fingerprint density at radius 2 is 2.13 bits per heavy atom. The average molecular weight is 416 g/mol. The van der Waals surface area contributed by atoms with Gasteiger partial charge in [0.1, 0.15) is 5.60 Å². The van der Waals surface area contributed by atoms with E-state index in [4.69, 9.17) is 9.47 Å². The zero-order valence-corrected chi connectivity index (χ0v) is 17.9. The Labute approximate surface area is 177 Å². The fraction of sp³-hybridized carbons (Fsp3) is 0.750. The fourth-order valence-electron chi connectivity index (χ4n) is 7.85. The topological polar surface area (TPSA) is 95.9 Å². The molecule has 1 saturated heterocycles. The predicted molar refractivity (Wildman–Crippen MR) is 106 cm³/mol. The molecular weight excluding hydrogens is 384 g/mol. The molecule has 0 amide bonds. The summed E-state index contributed by atoms with van der Waals surface area (Å²) in [5, 5.41) is 24.0. The third-order valence-electron chi connectivity index (χ3n) is 9.12. The highest BCUT2D eigenvalue weighted by molar-refractivity contribution is 6.01. The summed E-state index contributed by atoms with van der Waals surface area (Å²) in [5.74, 6) is -1.07. The van der Waals surface area contributed by atoms with Crippen molar-refractivity contribution in [2.24, 2.45) is 28.6 Å². The molecule has 3 saturated carbocycles. The molecule has 0 aromatic rings. The molecule has 1 aliphatic heterocycles. The summed E-state index contributed by atoms with van der Waals surface area (Å²) in [4.78, 5) is 24.5. The fourth-order valence-corrected chi connectivity index (χ4v) is 7.85. The number of carbonyl (C=O) groups is 2. The zero-order chi connectivity index (χ0) is 21.5. The first-order valence-corrected chi connectivity index (χ1v) is 11.3. The second kappa shape index (κ2) is 6.50. The number of hydrogen-bond donors (Lipinski definition) is 1. The van der Waals surface area contributed by atoms with Crippen LogP contribution in [0.1, 0.15) is 59.3 Å². The Morgan fingerprint density at radius 1 is 1.37 bits per heavy atom. The number of aliphatic hydroxyl groups excluding tert-OH is 1. The lowest BCUT2D eigenvalue weighted by Crippen LogP contribution is -2.66. The molecule has 0 spiro atoms. The number of carboxylic acid groups (broad SMARTS) is 1. The number of rotatable bonds is 3. The maximum absolute atomic E-state index is 12.6. The second-order valence-electron chi connectivity index (χ2n) is 10.4. The van der Waals surface area contributed by atoms with Gasteiger partial charge in [-0.15, -0.1) is 0 Å². The number of ether oxygens (including phenoxy) is 2. The Hall–Kier alpha value is -1.50. The molecule has 5 aliphatic rings. The minimum atomic E-state index is -1.52. The van der Waals surface area contributed by atoms with E-state index in [0.29, 0.717) is 19.3 Å². The summed E-state index contributed by atoms with van der Waals surface area (Å²) in [5.41, 5.74) is -1.57. The van der Waals surface area contributed by atoms with Crippen LogP contribution in [-0.2, 0) is 19.1 Å². The van der Waals surface area contributed by atoms with Gasteiger partial charge >= 0.3 is 0 Å². The first kappa shape index (κ1) is 20.4. The van der Waals surface area contributed by atoms with Gasteiger partial charge in [-0.1, -0.05) is 38.8 Å². The van der Waals surface area contributed by atoms with Gasteiger partial charge in [0, 0.05) is 16.7 Å². The number of allylic oxidation sites excluding steroid dienone is 4. The number of fused-ring (bicyclic) bond motifs is 7. The second-order valence-corrected chi connectivity index (χ2v) is 10.4. The first-order chi connectivity index (χ1) is 14.2. The minimum Gasteiger partial charge on any atom is -0.547 e.